The number of fused-ring (bicyclic) bond motifs is 3. The molecule has 1 atom stereocenters. The van der Waals surface area contributed by atoms with Crippen molar-refractivity contribution in [3.8, 4) is 0 Å². The van der Waals surface area contributed by atoms with Crippen LogP contribution in [0.1, 0.15) is 18.7 Å². The van der Waals surface area contributed by atoms with E-state index in [2.05, 4.69) is 28.9 Å². The maximum Gasteiger partial charge on any atom is 0.0501 e. The summed E-state index contributed by atoms with van der Waals surface area (Å²) in [7, 11) is 0. The average Bonchev–Trinajstić information content (AvgIpc) is 2.59. The number of halogens is 1. The van der Waals surface area contributed by atoms with Gasteiger partial charge in [0.2, 0.25) is 0 Å². The highest BCUT2D eigenvalue weighted by Crippen LogP contribution is 2.30. The number of hydrogen-bond donors (Lipinski definition) is 1. The minimum atomic E-state index is 0.504. The van der Waals surface area contributed by atoms with Gasteiger partial charge in [-0.3, -0.25) is 0 Å². The third-order valence-corrected chi connectivity index (χ3v) is 3.43. The second-order valence-corrected chi connectivity index (χ2v) is 4.57. The summed E-state index contributed by atoms with van der Waals surface area (Å²) in [6.07, 6.45) is 0. The third-order valence-electron chi connectivity index (χ3n) is 3.10. The largest absolute Gasteiger partial charge is 0.339 e. The van der Waals surface area contributed by atoms with Crippen LogP contribution in [0.15, 0.2) is 24.3 Å². The first kappa shape index (κ1) is 9.25. The van der Waals surface area contributed by atoms with E-state index in [0.717, 1.165) is 18.1 Å². The fourth-order valence-electron chi connectivity index (χ4n) is 2.43. The summed E-state index contributed by atoms with van der Waals surface area (Å²) >= 11 is 6.19. The van der Waals surface area contributed by atoms with E-state index in [1.165, 1.54) is 16.6 Å². The van der Waals surface area contributed by atoms with Crippen LogP contribution in [0.25, 0.3) is 10.9 Å². The number of aromatic nitrogens is 1. The van der Waals surface area contributed by atoms with Crippen molar-refractivity contribution >= 4 is 22.5 Å². The van der Waals surface area contributed by atoms with Crippen molar-refractivity contribution in [3.63, 3.8) is 0 Å². The summed E-state index contributed by atoms with van der Waals surface area (Å²) in [5.41, 5.74) is 2.59. The van der Waals surface area contributed by atoms with Gasteiger partial charge in [0.05, 0.1) is 5.52 Å². The molecule has 0 bridgehead atoms. The van der Waals surface area contributed by atoms with Gasteiger partial charge in [0.1, 0.15) is 0 Å². The molecule has 0 radical (unpaired) electrons. The number of nitrogens with zero attached hydrogens (tertiary/aromatic N) is 1. The molecular formula is C12H13ClN2. The first-order valence-corrected chi connectivity index (χ1v) is 5.64. The maximum atomic E-state index is 6.19. The molecule has 3 heteroatoms. The molecule has 2 nitrogen and oxygen atoms in total. The highest BCUT2D eigenvalue weighted by Gasteiger charge is 2.18. The predicted molar refractivity (Wildman–Crippen MR) is 63.4 cm³/mol. The van der Waals surface area contributed by atoms with Gasteiger partial charge in [0.15, 0.2) is 0 Å². The lowest BCUT2D eigenvalue weighted by Crippen LogP contribution is -2.30. The van der Waals surface area contributed by atoms with Crippen molar-refractivity contribution in [1.82, 2.24) is 9.88 Å². The predicted octanol–water partition coefficient (Wildman–Crippen LogP) is 2.96. The summed E-state index contributed by atoms with van der Waals surface area (Å²) in [6.45, 7) is 4.20. The van der Waals surface area contributed by atoms with Crippen molar-refractivity contribution in [2.75, 3.05) is 6.54 Å². The molecule has 0 fully saturated rings. The average molecular weight is 221 g/mol. The third kappa shape index (κ3) is 1.29. The highest BCUT2D eigenvalue weighted by molar-refractivity contribution is 6.35. The molecule has 1 aromatic carbocycles. The molecule has 0 saturated heterocycles. The standard InChI is InChI=1S/C12H13ClN2/c1-8-6-14-7-9-5-10-11(13)3-2-4-12(10)15(8)9/h2-5,8,14H,6-7H2,1H3. The monoisotopic (exact) mass is 220 g/mol. The van der Waals surface area contributed by atoms with Crippen LogP contribution in [-0.2, 0) is 6.54 Å². The van der Waals surface area contributed by atoms with Crippen molar-refractivity contribution in [3.05, 3.63) is 35.0 Å². The number of benzene rings is 1. The van der Waals surface area contributed by atoms with Crippen LogP contribution in [0.4, 0.5) is 0 Å². The lowest BCUT2D eigenvalue weighted by Gasteiger charge is -2.24. The van der Waals surface area contributed by atoms with E-state index in [9.17, 15) is 0 Å². The van der Waals surface area contributed by atoms with Crippen LogP contribution in [0, 0.1) is 0 Å². The van der Waals surface area contributed by atoms with Crippen LogP contribution < -0.4 is 5.32 Å². The molecule has 78 valence electrons. The summed E-state index contributed by atoms with van der Waals surface area (Å²) in [4.78, 5) is 0. The zero-order chi connectivity index (χ0) is 10.4. The molecule has 0 spiro atoms. The molecule has 2 aromatic rings. The van der Waals surface area contributed by atoms with Gasteiger partial charge in [0, 0.05) is 35.2 Å². The van der Waals surface area contributed by atoms with Gasteiger partial charge in [-0.1, -0.05) is 17.7 Å². The topological polar surface area (TPSA) is 17.0 Å². The molecule has 0 amide bonds. The molecule has 1 aliphatic rings. The SMILES string of the molecule is CC1CNCc2cc3c(Cl)cccc3n21. The molecule has 15 heavy (non-hydrogen) atoms. The Hall–Kier alpha value is -0.990. The summed E-state index contributed by atoms with van der Waals surface area (Å²) < 4.78 is 2.39. The van der Waals surface area contributed by atoms with Crippen molar-refractivity contribution in [2.45, 2.75) is 19.5 Å². The molecule has 1 aliphatic heterocycles. The smallest absolute Gasteiger partial charge is 0.0501 e. The van der Waals surface area contributed by atoms with E-state index in [1.807, 2.05) is 12.1 Å². The van der Waals surface area contributed by atoms with Gasteiger partial charge in [-0.05, 0) is 25.1 Å². The Kier molecular flexibility index (Phi) is 2.01. The summed E-state index contributed by atoms with van der Waals surface area (Å²) in [5.74, 6) is 0. The zero-order valence-electron chi connectivity index (χ0n) is 8.63. The van der Waals surface area contributed by atoms with E-state index in [0.29, 0.717) is 6.04 Å². The zero-order valence-corrected chi connectivity index (χ0v) is 9.38. The molecule has 0 saturated carbocycles. The van der Waals surface area contributed by atoms with Crippen LogP contribution in [0.3, 0.4) is 0 Å². The van der Waals surface area contributed by atoms with Gasteiger partial charge in [-0.25, -0.2) is 0 Å². The Labute approximate surface area is 93.8 Å². The first-order chi connectivity index (χ1) is 7.27. The fourth-order valence-corrected chi connectivity index (χ4v) is 2.65. The van der Waals surface area contributed by atoms with Crippen molar-refractivity contribution < 1.29 is 0 Å². The second kappa shape index (κ2) is 3.26. The Balaban J connectivity index is 2.36. The minimum Gasteiger partial charge on any atom is -0.339 e. The van der Waals surface area contributed by atoms with Crippen LogP contribution in [0.5, 0.6) is 0 Å². The Morgan fingerprint density at radius 3 is 3.20 bits per heavy atom. The van der Waals surface area contributed by atoms with Crippen molar-refractivity contribution in [2.24, 2.45) is 0 Å². The fraction of sp³-hybridized carbons (Fsp3) is 0.333. The molecule has 3 rings (SSSR count). The van der Waals surface area contributed by atoms with E-state index in [1.54, 1.807) is 0 Å². The van der Waals surface area contributed by atoms with Gasteiger partial charge in [0.25, 0.3) is 0 Å². The Morgan fingerprint density at radius 2 is 2.33 bits per heavy atom. The summed E-state index contributed by atoms with van der Waals surface area (Å²) in [5, 5.41) is 5.43. The first-order valence-electron chi connectivity index (χ1n) is 5.26. The second-order valence-electron chi connectivity index (χ2n) is 4.16. The van der Waals surface area contributed by atoms with E-state index < -0.39 is 0 Å². The summed E-state index contributed by atoms with van der Waals surface area (Å²) in [6, 6.07) is 8.82. The van der Waals surface area contributed by atoms with E-state index >= 15 is 0 Å². The van der Waals surface area contributed by atoms with Crippen LogP contribution >= 0.6 is 11.6 Å². The molecular weight excluding hydrogens is 208 g/mol. The quantitative estimate of drug-likeness (QED) is 0.723. The van der Waals surface area contributed by atoms with Gasteiger partial charge in [-0.2, -0.15) is 0 Å². The van der Waals surface area contributed by atoms with Gasteiger partial charge < -0.3 is 9.88 Å². The molecule has 1 N–H and O–H groups in total. The number of nitrogens with one attached hydrogen (secondary N) is 1. The van der Waals surface area contributed by atoms with Gasteiger partial charge in [-0.15, -0.1) is 0 Å². The van der Waals surface area contributed by atoms with Crippen LogP contribution in [-0.4, -0.2) is 11.1 Å². The number of hydrogen-bond acceptors (Lipinski definition) is 1. The molecule has 1 aromatic heterocycles. The number of rotatable bonds is 0. The maximum absolute atomic E-state index is 6.19. The normalized spacial score (nSPS) is 20.5. The van der Waals surface area contributed by atoms with Crippen LogP contribution in [0.2, 0.25) is 5.02 Å². The Morgan fingerprint density at radius 1 is 1.47 bits per heavy atom. The molecule has 1 unspecified atom stereocenters. The Bertz CT molecular complexity index is 516. The van der Waals surface area contributed by atoms with E-state index in [4.69, 9.17) is 11.6 Å². The highest BCUT2D eigenvalue weighted by atomic mass is 35.5. The lowest BCUT2D eigenvalue weighted by atomic mass is 10.2. The minimum absolute atomic E-state index is 0.504. The van der Waals surface area contributed by atoms with Crippen molar-refractivity contribution in [1.29, 1.82) is 0 Å². The van der Waals surface area contributed by atoms with E-state index in [-0.39, 0.29) is 0 Å². The van der Waals surface area contributed by atoms with Gasteiger partial charge >= 0.3 is 0 Å². The molecule has 2 heterocycles. The molecule has 0 aliphatic carbocycles. The lowest BCUT2D eigenvalue weighted by molar-refractivity contribution is 0.439.